The van der Waals surface area contributed by atoms with Crippen LogP contribution < -0.4 is 0 Å². The van der Waals surface area contributed by atoms with Crippen molar-refractivity contribution in [2.75, 3.05) is 20.7 Å². The first kappa shape index (κ1) is 11.0. The van der Waals surface area contributed by atoms with E-state index in [1.807, 2.05) is 14.1 Å². The summed E-state index contributed by atoms with van der Waals surface area (Å²) in [6.07, 6.45) is 4.46. The number of ether oxygens (including phenoxy) is 1. The molecule has 0 saturated carbocycles. The average Bonchev–Trinajstić information content (AvgIpc) is 2.02. The zero-order valence-corrected chi connectivity index (χ0v) is 8.04. The van der Waals surface area contributed by atoms with E-state index >= 15 is 0 Å². The zero-order chi connectivity index (χ0) is 9.40. The van der Waals surface area contributed by atoms with Gasteiger partial charge in [0.05, 0.1) is 6.61 Å². The van der Waals surface area contributed by atoms with Gasteiger partial charge in [0, 0.05) is 20.3 Å². The molecule has 12 heavy (non-hydrogen) atoms. The van der Waals surface area contributed by atoms with Crippen molar-refractivity contribution in [2.45, 2.75) is 19.8 Å². The molecule has 0 radical (unpaired) electrons. The van der Waals surface area contributed by atoms with E-state index in [-0.39, 0.29) is 0 Å². The van der Waals surface area contributed by atoms with E-state index in [1.165, 1.54) is 0 Å². The maximum Gasteiger partial charge on any atom is 0.186 e. The van der Waals surface area contributed by atoms with Gasteiger partial charge in [0.25, 0.3) is 0 Å². The van der Waals surface area contributed by atoms with Crippen LogP contribution in [0.25, 0.3) is 0 Å². The molecule has 0 aliphatic rings. The Kier molecular flexibility index (Phi) is 6.15. The molecule has 70 valence electrons. The number of allylic oxidation sites excluding steroid dienone is 1. The number of aldehydes is 1. The van der Waals surface area contributed by atoms with Crippen LogP contribution in [0.3, 0.4) is 0 Å². The highest BCUT2D eigenvalue weighted by Gasteiger charge is 1.95. The SMILES string of the molecule is CCCCO/C(C=O)=C/N(C)C. The van der Waals surface area contributed by atoms with Gasteiger partial charge in [-0.2, -0.15) is 0 Å². The Balaban J connectivity index is 3.75. The van der Waals surface area contributed by atoms with Crippen LogP contribution in [0, 0.1) is 0 Å². The standard InChI is InChI=1S/C9H17NO2/c1-4-5-6-12-9(8-11)7-10(2)3/h7-8H,4-6H2,1-3H3/b9-7+. The lowest BCUT2D eigenvalue weighted by Gasteiger charge is -2.08. The van der Waals surface area contributed by atoms with E-state index in [1.54, 1.807) is 11.1 Å². The smallest absolute Gasteiger partial charge is 0.186 e. The molecule has 0 N–H and O–H groups in total. The number of hydrogen-bond acceptors (Lipinski definition) is 3. The van der Waals surface area contributed by atoms with Crippen molar-refractivity contribution in [2.24, 2.45) is 0 Å². The molecule has 3 nitrogen and oxygen atoms in total. The average molecular weight is 171 g/mol. The first-order chi connectivity index (χ1) is 5.70. The maximum absolute atomic E-state index is 10.4. The molecule has 0 bridgehead atoms. The minimum Gasteiger partial charge on any atom is -0.489 e. The number of hydrogen-bond donors (Lipinski definition) is 0. The van der Waals surface area contributed by atoms with Crippen molar-refractivity contribution in [3.8, 4) is 0 Å². The van der Waals surface area contributed by atoms with Crippen LogP contribution >= 0.6 is 0 Å². The molecule has 0 saturated heterocycles. The number of unbranched alkanes of at least 4 members (excludes halogenated alkanes) is 1. The molecule has 3 heteroatoms. The molecule has 0 aromatic heterocycles. The largest absolute Gasteiger partial charge is 0.489 e. The Labute approximate surface area is 74.0 Å². The first-order valence-electron chi connectivity index (χ1n) is 4.17. The minimum atomic E-state index is 0.397. The van der Waals surface area contributed by atoms with E-state index in [0.717, 1.165) is 19.1 Å². The molecule has 0 aromatic rings. The molecular weight excluding hydrogens is 154 g/mol. The van der Waals surface area contributed by atoms with Crippen molar-refractivity contribution >= 4 is 6.29 Å². The van der Waals surface area contributed by atoms with Crippen molar-refractivity contribution in [1.29, 1.82) is 0 Å². The van der Waals surface area contributed by atoms with Crippen LogP contribution in [0.5, 0.6) is 0 Å². The summed E-state index contributed by atoms with van der Waals surface area (Å²) in [7, 11) is 3.71. The van der Waals surface area contributed by atoms with Crippen LogP contribution in [-0.2, 0) is 9.53 Å². The second-order valence-electron chi connectivity index (χ2n) is 2.81. The third-order valence-electron chi connectivity index (χ3n) is 1.27. The van der Waals surface area contributed by atoms with Crippen molar-refractivity contribution in [3.05, 3.63) is 12.0 Å². The van der Waals surface area contributed by atoms with Gasteiger partial charge in [-0.05, 0) is 6.42 Å². The molecule has 0 unspecified atom stereocenters. The van der Waals surface area contributed by atoms with Crippen LogP contribution in [0.2, 0.25) is 0 Å². The highest BCUT2D eigenvalue weighted by atomic mass is 16.5. The van der Waals surface area contributed by atoms with Crippen molar-refractivity contribution in [3.63, 3.8) is 0 Å². The Morgan fingerprint density at radius 3 is 2.58 bits per heavy atom. The Morgan fingerprint density at radius 1 is 1.50 bits per heavy atom. The second kappa shape index (κ2) is 6.70. The topological polar surface area (TPSA) is 29.5 Å². The quantitative estimate of drug-likeness (QED) is 0.262. The van der Waals surface area contributed by atoms with E-state index < -0.39 is 0 Å². The van der Waals surface area contributed by atoms with Gasteiger partial charge in [-0.3, -0.25) is 4.79 Å². The number of nitrogens with zero attached hydrogens (tertiary/aromatic N) is 1. The van der Waals surface area contributed by atoms with Gasteiger partial charge in [-0.25, -0.2) is 0 Å². The predicted molar refractivity (Wildman–Crippen MR) is 48.7 cm³/mol. The third-order valence-corrected chi connectivity index (χ3v) is 1.27. The molecule has 0 aliphatic carbocycles. The van der Waals surface area contributed by atoms with Crippen LogP contribution in [-0.4, -0.2) is 31.9 Å². The molecule has 0 aliphatic heterocycles. The van der Waals surface area contributed by atoms with Crippen LogP contribution in [0.15, 0.2) is 12.0 Å². The van der Waals surface area contributed by atoms with Gasteiger partial charge in [0.2, 0.25) is 0 Å². The summed E-state index contributed by atoms with van der Waals surface area (Å²) in [6, 6.07) is 0. The summed E-state index contributed by atoms with van der Waals surface area (Å²) in [4.78, 5) is 12.2. The highest BCUT2D eigenvalue weighted by Crippen LogP contribution is 1.97. The molecule has 0 amide bonds. The lowest BCUT2D eigenvalue weighted by Crippen LogP contribution is -2.06. The van der Waals surface area contributed by atoms with Gasteiger partial charge in [-0.1, -0.05) is 13.3 Å². The summed E-state index contributed by atoms with van der Waals surface area (Å²) in [5.74, 6) is 0.397. The third kappa shape index (κ3) is 5.77. The summed E-state index contributed by atoms with van der Waals surface area (Å²) in [6.45, 7) is 2.70. The summed E-state index contributed by atoms with van der Waals surface area (Å²) < 4.78 is 5.19. The van der Waals surface area contributed by atoms with Gasteiger partial charge >= 0.3 is 0 Å². The van der Waals surface area contributed by atoms with Gasteiger partial charge < -0.3 is 9.64 Å². The highest BCUT2D eigenvalue weighted by molar-refractivity contribution is 5.69. The Hall–Kier alpha value is -0.990. The van der Waals surface area contributed by atoms with Gasteiger partial charge in [-0.15, -0.1) is 0 Å². The van der Waals surface area contributed by atoms with E-state index in [0.29, 0.717) is 12.4 Å². The molecule has 0 fully saturated rings. The second-order valence-corrected chi connectivity index (χ2v) is 2.81. The Morgan fingerprint density at radius 2 is 2.17 bits per heavy atom. The monoisotopic (exact) mass is 171 g/mol. The molecule has 0 heterocycles. The summed E-state index contributed by atoms with van der Waals surface area (Å²) >= 11 is 0. The van der Waals surface area contributed by atoms with Crippen LogP contribution in [0.1, 0.15) is 19.8 Å². The fourth-order valence-corrected chi connectivity index (χ4v) is 0.691. The number of carbonyl (C=O) groups is 1. The fraction of sp³-hybridized carbons (Fsp3) is 0.667. The molecule has 0 aromatic carbocycles. The van der Waals surface area contributed by atoms with E-state index in [2.05, 4.69) is 6.92 Å². The van der Waals surface area contributed by atoms with E-state index in [4.69, 9.17) is 4.74 Å². The minimum absolute atomic E-state index is 0.397. The number of carbonyl (C=O) groups excluding carboxylic acids is 1. The molecule has 0 atom stereocenters. The maximum atomic E-state index is 10.4. The van der Waals surface area contributed by atoms with Crippen LogP contribution in [0.4, 0.5) is 0 Å². The van der Waals surface area contributed by atoms with Gasteiger partial charge in [0.1, 0.15) is 0 Å². The molecular formula is C9H17NO2. The summed E-state index contributed by atoms with van der Waals surface area (Å²) in [5.41, 5.74) is 0. The summed E-state index contributed by atoms with van der Waals surface area (Å²) in [5, 5.41) is 0. The Bertz CT molecular complexity index is 153. The van der Waals surface area contributed by atoms with Crippen molar-refractivity contribution in [1.82, 2.24) is 4.90 Å². The number of rotatable bonds is 6. The first-order valence-corrected chi connectivity index (χ1v) is 4.17. The van der Waals surface area contributed by atoms with Crippen molar-refractivity contribution < 1.29 is 9.53 Å². The fourth-order valence-electron chi connectivity index (χ4n) is 0.691. The molecule has 0 spiro atoms. The lowest BCUT2D eigenvalue weighted by atomic mass is 10.4. The van der Waals surface area contributed by atoms with E-state index in [9.17, 15) is 4.79 Å². The lowest BCUT2D eigenvalue weighted by molar-refractivity contribution is -0.108. The predicted octanol–water partition coefficient (Wildman–Crippen LogP) is 1.41. The van der Waals surface area contributed by atoms with Gasteiger partial charge in [0.15, 0.2) is 12.0 Å². The normalized spacial score (nSPS) is 11.1. The zero-order valence-electron chi connectivity index (χ0n) is 8.04. The molecule has 0 rings (SSSR count).